The molecule has 0 aromatic heterocycles. The zero-order valence-electron chi connectivity index (χ0n) is 11.4. The van der Waals surface area contributed by atoms with Crippen LogP contribution in [0.5, 0.6) is 0 Å². The minimum Gasteiger partial charge on any atom is -0.480 e. The lowest BCUT2D eigenvalue weighted by Gasteiger charge is -2.15. The van der Waals surface area contributed by atoms with E-state index in [9.17, 15) is 9.59 Å². The van der Waals surface area contributed by atoms with E-state index in [0.29, 0.717) is 5.69 Å². The number of urea groups is 1. The van der Waals surface area contributed by atoms with Gasteiger partial charge in [0.15, 0.2) is 0 Å². The maximum atomic E-state index is 11.9. The summed E-state index contributed by atoms with van der Waals surface area (Å²) >= 11 is 3.46. The highest BCUT2D eigenvalue weighted by atomic mass is 79.9. The molecular weight excluding hydrogens is 324 g/mol. The van der Waals surface area contributed by atoms with Gasteiger partial charge in [-0.1, -0.05) is 15.9 Å². The molecule has 108 valence electrons. The summed E-state index contributed by atoms with van der Waals surface area (Å²) in [6, 6.07) is 2.39. The second kappa shape index (κ2) is 5.83. The van der Waals surface area contributed by atoms with Crippen LogP contribution in [0, 0.1) is 19.8 Å². The lowest BCUT2D eigenvalue weighted by molar-refractivity contribution is -0.139. The quantitative estimate of drug-likeness (QED) is 0.788. The van der Waals surface area contributed by atoms with Crippen LogP contribution in [0.2, 0.25) is 0 Å². The van der Waals surface area contributed by atoms with E-state index < -0.39 is 18.0 Å². The molecule has 1 aliphatic carbocycles. The van der Waals surface area contributed by atoms with Gasteiger partial charge >= 0.3 is 12.0 Å². The Morgan fingerprint density at radius 2 is 1.85 bits per heavy atom. The van der Waals surface area contributed by atoms with Crippen LogP contribution in [0.4, 0.5) is 10.5 Å². The maximum absolute atomic E-state index is 11.9. The van der Waals surface area contributed by atoms with Gasteiger partial charge in [0.05, 0.1) is 0 Å². The van der Waals surface area contributed by atoms with E-state index >= 15 is 0 Å². The lowest BCUT2D eigenvalue weighted by atomic mass is 10.1. The van der Waals surface area contributed by atoms with Gasteiger partial charge in [-0.15, -0.1) is 0 Å². The summed E-state index contributed by atoms with van der Waals surface area (Å²) < 4.78 is 1.00. The third-order valence-electron chi connectivity index (χ3n) is 3.34. The third-order valence-corrected chi connectivity index (χ3v) is 4.59. The van der Waals surface area contributed by atoms with Crippen molar-refractivity contribution in [2.24, 2.45) is 5.92 Å². The number of aliphatic carboxylic acids is 1. The molecular formula is C14H17BrN2O3. The predicted molar refractivity (Wildman–Crippen MR) is 79.9 cm³/mol. The van der Waals surface area contributed by atoms with E-state index in [4.69, 9.17) is 5.11 Å². The van der Waals surface area contributed by atoms with Gasteiger partial charge in [0.25, 0.3) is 0 Å². The average molecular weight is 341 g/mol. The minimum absolute atomic E-state index is 0.0617. The van der Waals surface area contributed by atoms with E-state index in [0.717, 1.165) is 28.4 Å². The number of carbonyl (C=O) groups excluding carboxylic acids is 1. The van der Waals surface area contributed by atoms with E-state index in [1.54, 1.807) is 0 Å². The predicted octanol–water partition coefficient (Wildman–Crippen LogP) is 3.05. The van der Waals surface area contributed by atoms with Crippen molar-refractivity contribution in [3.05, 3.63) is 27.7 Å². The Kier molecular flexibility index (Phi) is 4.32. The molecule has 2 rings (SSSR count). The Labute approximate surface area is 125 Å². The summed E-state index contributed by atoms with van der Waals surface area (Å²) in [5.41, 5.74) is 2.68. The van der Waals surface area contributed by atoms with Crippen LogP contribution in [0.3, 0.4) is 0 Å². The van der Waals surface area contributed by atoms with Crippen molar-refractivity contribution in [3.8, 4) is 0 Å². The number of hydrogen-bond acceptors (Lipinski definition) is 2. The molecule has 2 amide bonds. The van der Waals surface area contributed by atoms with Crippen molar-refractivity contribution >= 4 is 33.6 Å². The molecule has 5 nitrogen and oxygen atoms in total. The van der Waals surface area contributed by atoms with Gasteiger partial charge in [-0.05, 0) is 55.9 Å². The average Bonchev–Trinajstić information content (AvgIpc) is 3.16. The molecule has 1 aliphatic rings. The van der Waals surface area contributed by atoms with Crippen molar-refractivity contribution < 1.29 is 14.7 Å². The van der Waals surface area contributed by atoms with Crippen molar-refractivity contribution in [2.75, 3.05) is 5.32 Å². The summed E-state index contributed by atoms with van der Waals surface area (Å²) in [4.78, 5) is 22.9. The molecule has 20 heavy (non-hydrogen) atoms. The molecule has 3 N–H and O–H groups in total. The zero-order chi connectivity index (χ0) is 14.9. The number of anilines is 1. The van der Waals surface area contributed by atoms with E-state index in [2.05, 4.69) is 26.6 Å². The Balaban J connectivity index is 2.02. The van der Waals surface area contributed by atoms with Crippen molar-refractivity contribution in [1.29, 1.82) is 0 Å². The summed E-state index contributed by atoms with van der Waals surface area (Å²) in [6.07, 6.45) is 1.71. The highest BCUT2D eigenvalue weighted by Crippen LogP contribution is 2.32. The van der Waals surface area contributed by atoms with Gasteiger partial charge in [0.2, 0.25) is 0 Å². The maximum Gasteiger partial charge on any atom is 0.326 e. The molecule has 1 unspecified atom stereocenters. The van der Waals surface area contributed by atoms with Crippen LogP contribution in [-0.2, 0) is 4.79 Å². The number of nitrogens with one attached hydrogen (secondary N) is 2. The first kappa shape index (κ1) is 14.8. The molecule has 1 saturated carbocycles. The van der Waals surface area contributed by atoms with Crippen LogP contribution < -0.4 is 10.6 Å². The molecule has 0 saturated heterocycles. The van der Waals surface area contributed by atoms with Crippen molar-refractivity contribution in [2.45, 2.75) is 32.7 Å². The number of carboxylic acid groups (broad SMARTS) is 1. The minimum atomic E-state index is -0.981. The first-order valence-electron chi connectivity index (χ1n) is 6.45. The first-order valence-corrected chi connectivity index (χ1v) is 7.25. The topological polar surface area (TPSA) is 78.4 Å². The van der Waals surface area contributed by atoms with Gasteiger partial charge in [-0.25, -0.2) is 9.59 Å². The summed E-state index contributed by atoms with van der Waals surface area (Å²) in [6.45, 7) is 3.87. The third kappa shape index (κ3) is 3.50. The monoisotopic (exact) mass is 340 g/mol. The van der Waals surface area contributed by atoms with Crippen LogP contribution in [0.25, 0.3) is 0 Å². The Morgan fingerprint density at radius 3 is 2.30 bits per heavy atom. The molecule has 1 aromatic rings. The summed E-state index contributed by atoms with van der Waals surface area (Å²) in [7, 11) is 0. The highest BCUT2D eigenvalue weighted by Gasteiger charge is 2.37. The normalized spacial score (nSPS) is 15.6. The molecule has 0 aliphatic heterocycles. The SMILES string of the molecule is Cc1cc(NC(=O)NC(C(=O)O)C2CC2)cc(C)c1Br. The van der Waals surface area contributed by atoms with E-state index in [1.807, 2.05) is 26.0 Å². The Bertz CT molecular complexity index is 532. The molecule has 0 heterocycles. The fourth-order valence-corrected chi connectivity index (χ4v) is 2.37. The summed E-state index contributed by atoms with van der Waals surface area (Å²) in [5.74, 6) is -0.919. The van der Waals surface area contributed by atoms with Gasteiger partial charge in [-0.3, -0.25) is 0 Å². The fraction of sp³-hybridized carbons (Fsp3) is 0.429. The second-order valence-electron chi connectivity index (χ2n) is 5.18. The second-order valence-corrected chi connectivity index (χ2v) is 5.97. The van der Waals surface area contributed by atoms with Crippen LogP contribution in [0.1, 0.15) is 24.0 Å². The smallest absolute Gasteiger partial charge is 0.326 e. The van der Waals surface area contributed by atoms with Crippen LogP contribution in [0.15, 0.2) is 16.6 Å². The lowest BCUT2D eigenvalue weighted by Crippen LogP contribution is -2.44. The molecule has 1 atom stereocenters. The van der Waals surface area contributed by atoms with Crippen molar-refractivity contribution in [3.63, 3.8) is 0 Å². The van der Waals surface area contributed by atoms with Gasteiger partial charge in [-0.2, -0.15) is 0 Å². The Morgan fingerprint density at radius 1 is 1.30 bits per heavy atom. The first-order chi connectivity index (χ1) is 9.38. The number of hydrogen-bond donors (Lipinski definition) is 3. The van der Waals surface area contributed by atoms with Crippen molar-refractivity contribution in [1.82, 2.24) is 5.32 Å². The molecule has 1 aromatic carbocycles. The Hall–Kier alpha value is -1.56. The van der Waals surface area contributed by atoms with Crippen LogP contribution >= 0.6 is 15.9 Å². The number of benzene rings is 1. The van der Waals surface area contributed by atoms with Gasteiger partial charge in [0, 0.05) is 10.2 Å². The zero-order valence-corrected chi connectivity index (χ0v) is 13.0. The molecule has 0 spiro atoms. The standard InChI is InChI=1S/C14H17BrN2O3/c1-7-5-10(6-8(2)11(7)15)16-14(20)17-12(13(18)19)9-3-4-9/h5-6,9,12H,3-4H2,1-2H3,(H,18,19)(H2,16,17,20). The number of halogens is 1. The largest absolute Gasteiger partial charge is 0.480 e. The number of carbonyl (C=O) groups is 2. The molecule has 0 bridgehead atoms. The number of rotatable bonds is 4. The fourth-order valence-electron chi connectivity index (χ4n) is 2.14. The van der Waals surface area contributed by atoms with Gasteiger partial charge < -0.3 is 15.7 Å². The molecule has 6 heteroatoms. The molecule has 1 fully saturated rings. The van der Waals surface area contributed by atoms with E-state index in [-0.39, 0.29) is 5.92 Å². The van der Waals surface area contributed by atoms with Gasteiger partial charge in [0.1, 0.15) is 6.04 Å². The number of carboxylic acids is 1. The highest BCUT2D eigenvalue weighted by molar-refractivity contribution is 9.10. The summed E-state index contributed by atoms with van der Waals surface area (Å²) in [5, 5.41) is 14.3. The van der Waals surface area contributed by atoms with Crippen LogP contribution in [-0.4, -0.2) is 23.1 Å². The number of amides is 2. The number of aryl methyl sites for hydroxylation is 2. The molecule has 0 radical (unpaired) electrons. The van der Waals surface area contributed by atoms with E-state index in [1.165, 1.54) is 0 Å².